The molecule has 1 aliphatic rings. The SMILES string of the molecule is CC1CC(C)C(Cl)C(Cl)C1. The molecule has 0 spiro atoms. The monoisotopic (exact) mass is 180 g/mol. The molecule has 0 aromatic rings. The van der Waals surface area contributed by atoms with Crippen LogP contribution in [-0.4, -0.2) is 10.8 Å². The Morgan fingerprint density at radius 3 is 2.20 bits per heavy atom. The van der Waals surface area contributed by atoms with Crippen LogP contribution in [0.3, 0.4) is 0 Å². The lowest BCUT2D eigenvalue weighted by molar-refractivity contribution is 0.311. The highest BCUT2D eigenvalue weighted by Gasteiger charge is 2.30. The van der Waals surface area contributed by atoms with Crippen molar-refractivity contribution in [3.05, 3.63) is 0 Å². The Labute approximate surface area is 72.9 Å². The molecule has 0 N–H and O–H groups in total. The second kappa shape index (κ2) is 3.32. The van der Waals surface area contributed by atoms with Gasteiger partial charge >= 0.3 is 0 Å². The Morgan fingerprint density at radius 1 is 1.10 bits per heavy atom. The zero-order valence-corrected chi connectivity index (χ0v) is 7.99. The number of rotatable bonds is 0. The third-order valence-electron chi connectivity index (χ3n) is 2.29. The molecule has 0 aromatic carbocycles. The van der Waals surface area contributed by atoms with E-state index >= 15 is 0 Å². The summed E-state index contributed by atoms with van der Waals surface area (Å²) in [7, 11) is 0. The summed E-state index contributed by atoms with van der Waals surface area (Å²) in [6, 6.07) is 0. The van der Waals surface area contributed by atoms with Crippen LogP contribution < -0.4 is 0 Å². The van der Waals surface area contributed by atoms with E-state index < -0.39 is 0 Å². The van der Waals surface area contributed by atoms with Gasteiger partial charge in [0.15, 0.2) is 0 Å². The van der Waals surface area contributed by atoms with E-state index in [2.05, 4.69) is 13.8 Å². The summed E-state index contributed by atoms with van der Waals surface area (Å²) in [4.78, 5) is 0. The zero-order valence-electron chi connectivity index (χ0n) is 6.48. The molecule has 0 radical (unpaired) electrons. The first-order valence-corrected chi connectivity index (χ1v) is 4.76. The average Bonchev–Trinajstić information content (AvgIpc) is 1.82. The van der Waals surface area contributed by atoms with E-state index in [1.807, 2.05) is 0 Å². The van der Waals surface area contributed by atoms with Crippen LogP contribution in [-0.2, 0) is 0 Å². The molecule has 0 aliphatic heterocycles. The highest BCUT2D eigenvalue weighted by atomic mass is 35.5. The fraction of sp³-hybridized carbons (Fsp3) is 1.00. The van der Waals surface area contributed by atoms with Gasteiger partial charge in [-0.05, 0) is 24.7 Å². The van der Waals surface area contributed by atoms with E-state index in [-0.39, 0.29) is 10.8 Å². The van der Waals surface area contributed by atoms with Crippen LogP contribution in [0.2, 0.25) is 0 Å². The predicted molar refractivity (Wildman–Crippen MR) is 46.8 cm³/mol. The van der Waals surface area contributed by atoms with Gasteiger partial charge in [0.2, 0.25) is 0 Å². The molecular formula is C8H14Cl2. The molecular weight excluding hydrogens is 167 g/mol. The molecule has 1 fully saturated rings. The number of alkyl halides is 2. The summed E-state index contributed by atoms with van der Waals surface area (Å²) in [6.45, 7) is 4.43. The fourth-order valence-corrected chi connectivity index (χ4v) is 2.49. The van der Waals surface area contributed by atoms with Crippen molar-refractivity contribution in [1.82, 2.24) is 0 Å². The third-order valence-corrected chi connectivity index (χ3v) is 3.60. The van der Waals surface area contributed by atoms with E-state index in [1.54, 1.807) is 0 Å². The molecule has 0 heterocycles. The smallest absolute Gasteiger partial charge is 0.0525 e. The summed E-state index contributed by atoms with van der Waals surface area (Å²) in [6.07, 6.45) is 2.32. The molecule has 1 rings (SSSR count). The van der Waals surface area contributed by atoms with Crippen molar-refractivity contribution in [2.24, 2.45) is 11.8 Å². The summed E-state index contributed by atoms with van der Waals surface area (Å²) < 4.78 is 0. The van der Waals surface area contributed by atoms with Gasteiger partial charge in [-0.15, -0.1) is 23.2 Å². The van der Waals surface area contributed by atoms with Gasteiger partial charge in [-0.1, -0.05) is 13.8 Å². The first kappa shape index (κ1) is 8.67. The standard InChI is InChI=1S/C8H14Cl2/c1-5-3-6(2)8(10)7(9)4-5/h5-8H,3-4H2,1-2H3. The van der Waals surface area contributed by atoms with Crippen LogP contribution in [0.25, 0.3) is 0 Å². The minimum absolute atomic E-state index is 0.192. The molecule has 10 heavy (non-hydrogen) atoms. The molecule has 0 nitrogen and oxygen atoms in total. The highest BCUT2D eigenvalue weighted by Crippen LogP contribution is 2.35. The van der Waals surface area contributed by atoms with Gasteiger partial charge < -0.3 is 0 Å². The Hall–Kier alpha value is 0.580. The first-order chi connectivity index (χ1) is 4.61. The molecule has 1 saturated carbocycles. The van der Waals surface area contributed by atoms with Crippen molar-refractivity contribution in [3.63, 3.8) is 0 Å². The van der Waals surface area contributed by atoms with Crippen molar-refractivity contribution >= 4 is 23.2 Å². The van der Waals surface area contributed by atoms with Gasteiger partial charge in [0, 0.05) is 0 Å². The minimum atomic E-state index is 0.192. The maximum absolute atomic E-state index is 6.05. The molecule has 0 bridgehead atoms. The molecule has 4 atom stereocenters. The van der Waals surface area contributed by atoms with Crippen LogP contribution in [0.15, 0.2) is 0 Å². The average molecular weight is 181 g/mol. The van der Waals surface area contributed by atoms with Crippen molar-refractivity contribution < 1.29 is 0 Å². The predicted octanol–water partition coefficient (Wildman–Crippen LogP) is 3.27. The number of hydrogen-bond acceptors (Lipinski definition) is 0. The Kier molecular flexibility index (Phi) is 2.88. The van der Waals surface area contributed by atoms with Gasteiger partial charge in [0.1, 0.15) is 0 Å². The Balaban J connectivity index is 2.49. The van der Waals surface area contributed by atoms with E-state index in [9.17, 15) is 0 Å². The molecule has 0 saturated heterocycles. The van der Waals surface area contributed by atoms with Gasteiger partial charge in [-0.3, -0.25) is 0 Å². The van der Waals surface area contributed by atoms with Gasteiger partial charge in [-0.25, -0.2) is 0 Å². The molecule has 2 heteroatoms. The Bertz CT molecular complexity index is 102. The van der Waals surface area contributed by atoms with Crippen molar-refractivity contribution in [2.45, 2.75) is 37.4 Å². The van der Waals surface area contributed by atoms with E-state index in [1.165, 1.54) is 6.42 Å². The minimum Gasteiger partial charge on any atom is -0.121 e. The van der Waals surface area contributed by atoms with Crippen molar-refractivity contribution in [3.8, 4) is 0 Å². The summed E-state index contributed by atoms with van der Waals surface area (Å²) in [5.41, 5.74) is 0. The quantitative estimate of drug-likeness (QED) is 0.503. The molecule has 4 unspecified atom stereocenters. The van der Waals surface area contributed by atoms with Crippen LogP contribution in [0, 0.1) is 11.8 Å². The third kappa shape index (κ3) is 1.79. The highest BCUT2D eigenvalue weighted by molar-refractivity contribution is 6.30. The molecule has 0 aromatic heterocycles. The molecule has 0 amide bonds. The normalized spacial score (nSPS) is 49.2. The number of hydrogen-bond donors (Lipinski definition) is 0. The van der Waals surface area contributed by atoms with Crippen LogP contribution in [0.4, 0.5) is 0 Å². The maximum Gasteiger partial charge on any atom is 0.0525 e. The van der Waals surface area contributed by atoms with E-state index in [0.717, 1.165) is 12.3 Å². The van der Waals surface area contributed by atoms with Crippen LogP contribution in [0.1, 0.15) is 26.7 Å². The summed E-state index contributed by atoms with van der Waals surface area (Å²) >= 11 is 12.1. The Morgan fingerprint density at radius 2 is 1.70 bits per heavy atom. The van der Waals surface area contributed by atoms with Gasteiger partial charge in [0.25, 0.3) is 0 Å². The van der Waals surface area contributed by atoms with E-state index in [4.69, 9.17) is 23.2 Å². The lowest BCUT2D eigenvalue weighted by Gasteiger charge is -2.32. The maximum atomic E-state index is 6.05. The second-order valence-corrected chi connectivity index (χ2v) is 4.58. The summed E-state index contributed by atoms with van der Waals surface area (Å²) in [5.74, 6) is 1.35. The van der Waals surface area contributed by atoms with Crippen LogP contribution in [0.5, 0.6) is 0 Å². The lowest BCUT2D eigenvalue weighted by atomic mass is 9.83. The van der Waals surface area contributed by atoms with Crippen LogP contribution >= 0.6 is 23.2 Å². The lowest BCUT2D eigenvalue weighted by Crippen LogP contribution is -2.31. The largest absolute Gasteiger partial charge is 0.121 e. The van der Waals surface area contributed by atoms with Crippen molar-refractivity contribution in [1.29, 1.82) is 0 Å². The van der Waals surface area contributed by atoms with Crippen molar-refractivity contribution in [2.75, 3.05) is 0 Å². The van der Waals surface area contributed by atoms with Gasteiger partial charge in [-0.2, -0.15) is 0 Å². The van der Waals surface area contributed by atoms with Gasteiger partial charge in [0.05, 0.1) is 10.8 Å². The zero-order chi connectivity index (χ0) is 7.72. The summed E-state index contributed by atoms with van der Waals surface area (Å²) in [5, 5.41) is 0.387. The molecule has 1 aliphatic carbocycles. The first-order valence-electron chi connectivity index (χ1n) is 3.89. The van der Waals surface area contributed by atoms with E-state index in [0.29, 0.717) is 5.92 Å². The fourth-order valence-electron chi connectivity index (χ4n) is 1.73. The second-order valence-electron chi connectivity index (χ2n) is 3.51. The molecule has 60 valence electrons. The topological polar surface area (TPSA) is 0 Å². The number of halogens is 2.